The predicted molar refractivity (Wildman–Crippen MR) is 402 cm³/mol. The second-order valence-corrected chi connectivity index (χ2v) is 26.6. The number of aliphatic carboxylic acids is 2. The van der Waals surface area contributed by atoms with E-state index in [1.165, 1.54) is 14.1 Å². The van der Waals surface area contributed by atoms with Gasteiger partial charge in [-0.1, -0.05) is 68.4 Å². The first-order valence-corrected chi connectivity index (χ1v) is 34.4. The van der Waals surface area contributed by atoms with Crippen molar-refractivity contribution < 1.29 is 106 Å². The van der Waals surface area contributed by atoms with Gasteiger partial charge in [-0.05, 0) is 172 Å². The molecule has 9 aromatic rings. The highest BCUT2D eigenvalue weighted by atomic mass is 16.6. The number of carbonyl (C=O) groups excluding carboxylic acids is 10. The minimum atomic E-state index is -1.52. The Kier molecular flexibility index (Phi) is 23.3. The zero-order valence-electron chi connectivity index (χ0n) is 58.8. The first-order valence-electron chi connectivity index (χ1n) is 34.4. The van der Waals surface area contributed by atoms with Crippen LogP contribution in [0.5, 0.6) is 69.0 Å². The Bertz CT molecular complexity index is 4950. The Morgan fingerprint density at radius 2 is 0.625 bits per heavy atom. The van der Waals surface area contributed by atoms with E-state index >= 15 is 0 Å². The molecule has 4 heterocycles. The largest absolute Gasteiger partial charge is 0.481 e. The number of esters is 4. The maximum absolute atomic E-state index is 13.0. The molecule has 3 aliphatic carbocycles. The van der Waals surface area contributed by atoms with Gasteiger partial charge in [0.05, 0.1) is 76.7 Å². The molecule has 0 spiro atoms. The molecule has 0 bridgehead atoms. The Labute approximate surface area is 641 Å². The van der Waals surface area contributed by atoms with Gasteiger partial charge in [-0.25, -0.2) is 0 Å². The zero-order valence-corrected chi connectivity index (χ0v) is 58.8. The monoisotopic (exact) mass is 1520 g/mol. The van der Waals surface area contributed by atoms with E-state index < -0.39 is 130 Å². The Balaban J connectivity index is 0.000000155. The van der Waals surface area contributed by atoms with Gasteiger partial charge in [0.25, 0.3) is 0 Å². The number of ether oxygens (including phenoxy) is 8. The van der Waals surface area contributed by atoms with Gasteiger partial charge in [-0.15, -0.1) is 0 Å². The number of cyclic esters (lactones) is 4. The summed E-state index contributed by atoms with van der Waals surface area (Å²) in [7, 11) is 2.70. The molecule has 0 aromatic heterocycles. The first-order chi connectivity index (χ1) is 52.8. The summed E-state index contributed by atoms with van der Waals surface area (Å²) in [5, 5.41) is 23.8. The number of imide groups is 2. The normalized spacial score (nSPS) is 22.1. The van der Waals surface area contributed by atoms with Crippen LogP contribution in [0.1, 0.15) is 26.0 Å². The van der Waals surface area contributed by atoms with Gasteiger partial charge in [-0.2, -0.15) is 0 Å². The van der Waals surface area contributed by atoms with E-state index in [4.69, 9.17) is 39.9 Å². The third-order valence-corrected chi connectivity index (χ3v) is 19.6. The minimum absolute atomic E-state index is 0. The van der Waals surface area contributed by atoms with Crippen molar-refractivity contribution in [2.45, 2.75) is 28.7 Å². The molecule has 112 heavy (non-hydrogen) atoms. The van der Waals surface area contributed by atoms with Crippen molar-refractivity contribution in [3.05, 3.63) is 230 Å². The number of carboxylic acid groups (broad SMARTS) is 2. The average Bonchev–Trinajstić information content (AvgIpc) is 1.55. The number of aryl methyl sites for hydroxylation is 2. The van der Waals surface area contributed by atoms with Crippen LogP contribution < -0.4 is 55.4 Å². The maximum atomic E-state index is 13.0. The lowest BCUT2D eigenvalue weighted by molar-refractivity contribution is -0.180. The van der Waals surface area contributed by atoms with E-state index in [2.05, 4.69) is 20.1 Å². The van der Waals surface area contributed by atoms with Crippen molar-refractivity contribution in [3.8, 4) is 69.0 Å². The van der Waals surface area contributed by atoms with Gasteiger partial charge in [0.15, 0.2) is 0 Å². The van der Waals surface area contributed by atoms with Crippen LogP contribution in [-0.4, -0.2) is 100 Å². The summed E-state index contributed by atoms with van der Waals surface area (Å²) in [6.45, 7) is 4.00. The Morgan fingerprint density at radius 3 is 0.920 bits per heavy atom. The van der Waals surface area contributed by atoms with Crippen LogP contribution in [0.4, 0.5) is 22.7 Å². The molecular weight excluding hydrogens is 1440 g/mol. The molecule has 8 N–H and O–H groups in total. The van der Waals surface area contributed by atoms with Crippen LogP contribution in [0.3, 0.4) is 0 Å². The van der Waals surface area contributed by atoms with Crippen molar-refractivity contribution in [1.29, 1.82) is 0 Å². The lowest BCUT2D eigenvalue weighted by Gasteiger charge is -2.45. The molecule has 7 aliphatic rings. The fourth-order valence-corrected chi connectivity index (χ4v) is 14.2. The molecule has 28 heteroatoms. The molecule has 4 aliphatic heterocycles. The number of anilines is 4. The maximum Gasteiger partial charge on any atom is 0.318 e. The lowest BCUT2D eigenvalue weighted by atomic mass is 9.55. The topological polar surface area (TPSA) is 402 Å². The Morgan fingerprint density at radius 1 is 0.357 bits per heavy atom. The number of nitrogens with zero attached hydrogens (tertiary/aromatic N) is 2. The molecule has 8 atom stereocenters. The van der Waals surface area contributed by atoms with E-state index in [1.54, 1.807) is 109 Å². The van der Waals surface area contributed by atoms with Crippen LogP contribution in [0.15, 0.2) is 218 Å². The number of carbonyl (C=O) groups is 12. The van der Waals surface area contributed by atoms with Crippen LogP contribution in [0.2, 0.25) is 0 Å². The summed E-state index contributed by atoms with van der Waals surface area (Å²) in [6, 6.07) is 64.5. The van der Waals surface area contributed by atoms with Crippen molar-refractivity contribution >= 4 is 94.0 Å². The van der Waals surface area contributed by atoms with Crippen molar-refractivity contribution in [3.63, 3.8) is 0 Å². The molecule has 3 saturated carbocycles. The number of nitrogens with one attached hydrogen (secondary N) is 2. The van der Waals surface area contributed by atoms with E-state index in [9.17, 15) is 67.7 Å². The molecule has 7 fully saturated rings. The van der Waals surface area contributed by atoms with E-state index in [0.29, 0.717) is 74.5 Å². The number of amides is 6. The molecular formula is C84H76N6O22. The third-order valence-electron chi connectivity index (χ3n) is 19.6. The van der Waals surface area contributed by atoms with Gasteiger partial charge < -0.3 is 70.2 Å². The van der Waals surface area contributed by atoms with Gasteiger partial charge in [-0.3, -0.25) is 67.3 Å². The van der Waals surface area contributed by atoms with Gasteiger partial charge in [0.2, 0.25) is 35.4 Å². The Hall–Kier alpha value is -14.2. The molecule has 8 unspecified atom stereocenters. The number of hydrogen-bond acceptors (Lipinski definition) is 22. The highest BCUT2D eigenvalue weighted by molar-refractivity contribution is 6.27. The first kappa shape index (κ1) is 78.9. The van der Waals surface area contributed by atoms with Gasteiger partial charge >= 0.3 is 35.8 Å². The zero-order chi connectivity index (χ0) is 77.9. The molecule has 0 radical (unpaired) electrons. The highest BCUT2D eigenvalue weighted by Gasteiger charge is 2.74. The smallest absolute Gasteiger partial charge is 0.318 e. The number of hydrogen-bond donors (Lipinski definition) is 6. The number of fused-ring (bicyclic) bond motifs is 8. The molecule has 9 aromatic carbocycles. The number of likely N-dealkylation sites (tertiary alicyclic amines) is 1. The summed E-state index contributed by atoms with van der Waals surface area (Å²) >= 11 is 0. The van der Waals surface area contributed by atoms with Crippen molar-refractivity contribution in [1.82, 2.24) is 10.2 Å². The standard InChI is InChI=1S/C28H26N2O8.C28H22N2O6.C18H16N2O2.C8H4O6.2CH4/c1-15-6-10-17(11-7-15)37-19-4-3-5-20(14-19)38-18-12-8-16(9-13-18)30-26(32)22-21(25(31)29-2)23(27(33)34)24(22)28(35)36;1-15-6-10-17(11-7-15)35-19-4-3-5-20(14-19)36-18-12-8-16(9-13-18)30-27(33)23-21-22(24(23)28(30)34)26(32)29(2)25(21)31;19-13-4-8-15(9-5-13)21-17-2-1-3-18(12-17)22-16-10-6-14(20)7-11-16;9-5-1-2(6(10)13-5)4-3(1)7(11)14-8(4)12;;/h3-14,21-24H,1-2H3,(H,29,31)(H,30,32)(H,33,34)(H,35,36);3-14,21-24H,1-2H3;1-12H,19-20H2;1-4H;2*1H4. The molecule has 6 amide bonds. The number of carboxylic acids is 2. The van der Waals surface area contributed by atoms with Crippen LogP contribution in [0.25, 0.3) is 0 Å². The van der Waals surface area contributed by atoms with Gasteiger partial charge in [0.1, 0.15) is 69.0 Å². The summed E-state index contributed by atoms with van der Waals surface area (Å²) in [5.74, 6) is -13.1. The highest BCUT2D eigenvalue weighted by Crippen LogP contribution is 2.58. The lowest BCUT2D eigenvalue weighted by Crippen LogP contribution is -2.62. The SMILES string of the molecule is C.C.CNC(=O)C1C(C(=O)O)C(C(=O)O)C1C(=O)Nc1ccc(Oc2cccc(Oc3ccc(C)cc3)c2)cc1.Cc1ccc(Oc2cccc(Oc3ccc(N4C(=O)C5C6C(=O)N(C)C(=O)C6C5C4=O)cc3)c2)cc1.Nc1ccc(Oc2cccc(Oc3ccc(N)cc3)c2)cc1.O=C1OC(=O)C2C1C1C(=O)OC(=O)C21. The minimum Gasteiger partial charge on any atom is -0.481 e. The van der Waals surface area contributed by atoms with Crippen molar-refractivity contribution in [2.75, 3.05) is 35.8 Å². The fraction of sp³-hybridized carbons (Fsp3) is 0.214. The van der Waals surface area contributed by atoms with E-state index in [0.717, 1.165) is 38.2 Å². The third kappa shape index (κ3) is 16.3. The summed E-state index contributed by atoms with van der Waals surface area (Å²) in [4.78, 5) is 146. The van der Waals surface area contributed by atoms with Crippen LogP contribution in [0, 0.1) is 84.9 Å². The fourth-order valence-electron chi connectivity index (χ4n) is 14.2. The second-order valence-electron chi connectivity index (χ2n) is 26.6. The molecule has 4 saturated heterocycles. The quantitative estimate of drug-likeness (QED) is 0.0201. The number of nitrogen functional groups attached to an aromatic ring is 2. The number of benzene rings is 9. The summed E-state index contributed by atoms with van der Waals surface area (Å²) < 4.78 is 43.8. The van der Waals surface area contributed by atoms with Crippen molar-refractivity contribution in [2.24, 2.45) is 71.0 Å². The number of nitrogens with two attached hydrogens (primary N) is 2. The summed E-state index contributed by atoms with van der Waals surface area (Å²) in [6.07, 6.45) is 0. The number of rotatable bonds is 18. The molecule has 16 rings (SSSR count). The second kappa shape index (κ2) is 33.1. The van der Waals surface area contributed by atoms with E-state index in [-0.39, 0.29) is 26.7 Å². The van der Waals surface area contributed by atoms with E-state index in [1.807, 2.05) is 123 Å². The molecule has 574 valence electrons. The predicted octanol–water partition coefficient (Wildman–Crippen LogP) is 12.2. The average molecular weight is 1520 g/mol. The summed E-state index contributed by atoms with van der Waals surface area (Å²) in [5.41, 5.74) is 15.7. The van der Waals surface area contributed by atoms with Crippen LogP contribution >= 0.6 is 0 Å². The molecule has 28 nitrogen and oxygen atoms in total. The van der Waals surface area contributed by atoms with Crippen LogP contribution in [-0.2, 0) is 67.0 Å². The van der Waals surface area contributed by atoms with Gasteiger partial charge in [0, 0.05) is 49.4 Å².